The molecule has 0 saturated heterocycles. The first-order valence-electron chi connectivity index (χ1n) is 0.463. The molecule has 0 aromatic rings. The van der Waals surface area contributed by atoms with Crippen molar-refractivity contribution in [3.05, 3.63) is 0 Å². The molecule has 0 unspecified atom stereocenters. The van der Waals surface area contributed by atoms with Crippen molar-refractivity contribution in [3.8, 4) is 0 Å². The second kappa shape index (κ2) is 123. The second-order valence-electron chi connectivity index (χ2n) is 0. The first kappa shape index (κ1) is 31.8. The van der Waals surface area contributed by atoms with E-state index in [0.717, 1.165) is 0 Å². The number of rotatable bonds is 0. The average molecular weight is 232 g/mol. The maximum Gasteiger partial charge on any atom is 2.00 e. The molecule has 0 spiro atoms. The molecule has 47 valence electrons. The standard InChI is InChI=1S/3ClO.Mn.Na/c3*1-2;;/q3*-1;+2;+1. The first-order chi connectivity index (χ1) is 3.00. The van der Waals surface area contributed by atoms with E-state index < -0.39 is 0 Å². The van der Waals surface area contributed by atoms with Gasteiger partial charge in [0.25, 0.3) is 0 Å². The smallest absolute Gasteiger partial charge is 0.769 e. The zero-order valence-corrected chi connectivity index (χ0v) is 9.18. The van der Waals surface area contributed by atoms with Gasteiger partial charge in [-0.15, -0.1) is 0 Å². The molecule has 0 bridgehead atoms. The molecule has 1 radical (unpaired) electrons. The SMILES string of the molecule is [Mn+2].[Na+].[O-]Cl.[O-]Cl.[O-]Cl. The Bertz CT molecular complexity index is 14.5. The number of hydrogen-bond acceptors (Lipinski definition) is 3. The fourth-order valence-corrected chi connectivity index (χ4v) is 0. The molecular weight excluding hydrogens is 232 g/mol. The molecular formula is Cl3MnNaO3. The van der Waals surface area contributed by atoms with Crippen molar-refractivity contribution in [2.75, 3.05) is 0 Å². The molecule has 0 atom stereocenters. The third kappa shape index (κ3) is 84.8. The third-order valence-electron chi connectivity index (χ3n) is 0. The second-order valence-corrected chi connectivity index (χ2v) is 0. The van der Waals surface area contributed by atoms with Gasteiger partial charge in [-0.05, 0) is 0 Å². The van der Waals surface area contributed by atoms with Crippen LogP contribution in [-0.2, 0) is 17.1 Å². The monoisotopic (exact) mass is 231 g/mol. The summed E-state index contributed by atoms with van der Waals surface area (Å²) in [5.41, 5.74) is 0. The zero-order chi connectivity index (χ0) is 6.00. The normalized spacial score (nSPS) is 2.25. The van der Waals surface area contributed by atoms with E-state index in [4.69, 9.17) is 14.0 Å². The summed E-state index contributed by atoms with van der Waals surface area (Å²) in [7, 11) is 0. The van der Waals surface area contributed by atoms with Crippen LogP contribution in [0.15, 0.2) is 0 Å². The first-order valence-corrected chi connectivity index (χ1v) is 1.39. The molecule has 0 N–H and O–H groups in total. The van der Waals surface area contributed by atoms with E-state index >= 15 is 0 Å². The minimum absolute atomic E-state index is 0. The molecule has 0 aliphatic carbocycles. The molecule has 0 rings (SSSR count). The van der Waals surface area contributed by atoms with Crippen LogP contribution in [-0.4, -0.2) is 0 Å². The topological polar surface area (TPSA) is 69.2 Å². The van der Waals surface area contributed by atoms with Crippen molar-refractivity contribution in [2.45, 2.75) is 0 Å². The van der Waals surface area contributed by atoms with Crippen LogP contribution < -0.4 is 43.5 Å². The Morgan fingerprint density at radius 3 is 0.625 bits per heavy atom. The number of halogens is 3. The molecule has 0 saturated carbocycles. The minimum atomic E-state index is 0. The Balaban J connectivity index is -0.00000000500. The van der Waals surface area contributed by atoms with E-state index in [1.54, 1.807) is 0 Å². The number of hydrogen-bond donors (Lipinski definition) is 0. The molecule has 0 heterocycles. The summed E-state index contributed by atoms with van der Waals surface area (Å²) in [5.74, 6) is 0. The summed E-state index contributed by atoms with van der Waals surface area (Å²) in [6.07, 6.45) is 0. The predicted octanol–water partition coefficient (Wildman–Crippen LogP) is -4.50. The van der Waals surface area contributed by atoms with Gasteiger partial charge in [0, 0.05) is 0 Å². The van der Waals surface area contributed by atoms with Crippen LogP contribution in [0.2, 0.25) is 0 Å². The van der Waals surface area contributed by atoms with Gasteiger partial charge in [0.05, 0.1) is 0 Å². The summed E-state index contributed by atoms with van der Waals surface area (Å²) in [5, 5.41) is 0. The van der Waals surface area contributed by atoms with Gasteiger partial charge in [-0.1, -0.05) is 0 Å². The van der Waals surface area contributed by atoms with Gasteiger partial charge in [-0.2, -0.15) is 0 Å². The van der Waals surface area contributed by atoms with Gasteiger partial charge in [-0.25, -0.2) is 35.6 Å². The summed E-state index contributed by atoms with van der Waals surface area (Å²) in [6.45, 7) is 0. The van der Waals surface area contributed by atoms with Crippen LogP contribution in [0, 0.1) is 0 Å². The van der Waals surface area contributed by atoms with E-state index in [2.05, 4.69) is 35.6 Å². The van der Waals surface area contributed by atoms with Crippen molar-refractivity contribution in [3.63, 3.8) is 0 Å². The van der Waals surface area contributed by atoms with Crippen LogP contribution in [0.4, 0.5) is 0 Å². The predicted molar refractivity (Wildman–Crippen MR) is 17.6 cm³/mol. The Kier molecular flexibility index (Phi) is 489. The molecule has 0 fully saturated rings. The Morgan fingerprint density at radius 1 is 0.625 bits per heavy atom. The van der Waals surface area contributed by atoms with Gasteiger partial charge >= 0.3 is 46.6 Å². The van der Waals surface area contributed by atoms with Crippen LogP contribution in [0.5, 0.6) is 0 Å². The third-order valence-corrected chi connectivity index (χ3v) is 0. The van der Waals surface area contributed by atoms with E-state index in [9.17, 15) is 0 Å². The van der Waals surface area contributed by atoms with E-state index in [1.807, 2.05) is 0 Å². The van der Waals surface area contributed by atoms with Crippen molar-refractivity contribution >= 4 is 35.6 Å². The molecule has 0 aliphatic rings. The Hall–Kier alpha value is 2.27. The summed E-state index contributed by atoms with van der Waals surface area (Å²) in [6, 6.07) is 0. The molecule has 3 nitrogen and oxygen atoms in total. The minimum Gasteiger partial charge on any atom is -0.769 e. The van der Waals surface area contributed by atoms with Crippen molar-refractivity contribution < 1.29 is 60.6 Å². The molecule has 0 aromatic heterocycles. The van der Waals surface area contributed by atoms with Crippen LogP contribution >= 0.6 is 35.6 Å². The van der Waals surface area contributed by atoms with Crippen molar-refractivity contribution in [1.82, 2.24) is 0 Å². The molecule has 8 heavy (non-hydrogen) atoms. The van der Waals surface area contributed by atoms with E-state index in [1.165, 1.54) is 0 Å². The van der Waals surface area contributed by atoms with Gasteiger partial charge in [-0.3, -0.25) is 0 Å². The fraction of sp³-hybridized carbons (Fsp3) is 0. The van der Waals surface area contributed by atoms with Gasteiger partial charge < -0.3 is 14.0 Å². The van der Waals surface area contributed by atoms with E-state index in [-0.39, 0.29) is 46.6 Å². The van der Waals surface area contributed by atoms with Crippen LogP contribution in [0.25, 0.3) is 0 Å². The summed E-state index contributed by atoms with van der Waals surface area (Å²) in [4.78, 5) is 0. The molecule has 0 aromatic carbocycles. The van der Waals surface area contributed by atoms with Gasteiger partial charge in [0.15, 0.2) is 0 Å². The van der Waals surface area contributed by atoms with Gasteiger partial charge in [0.1, 0.15) is 0 Å². The Labute approximate surface area is 95.2 Å². The van der Waals surface area contributed by atoms with Gasteiger partial charge in [0.2, 0.25) is 0 Å². The maximum absolute atomic E-state index is 7.72. The average Bonchev–Trinajstić information content (AvgIpc) is 1.81. The van der Waals surface area contributed by atoms with Crippen LogP contribution in [0.1, 0.15) is 0 Å². The van der Waals surface area contributed by atoms with E-state index in [0.29, 0.717) is 0 Å². The van der Waals surface area contributed by atoms with Crippen LogP contribution in [0.3, 0.4) is 0 Å². The largest absolute Gasteiger partial charge is 2.00 e. The fourth-order valence-electron chi connectivity index (χ4n) is 0. The quantitative estimate of drug-likeness (QED) is 0.395. The Morgan fingerprint density at radius 2 is 0.625 bits per heavy atom. The molecule has 8 heteroatoms. The van der Waals surface area contributed by atoms with Crippen molar-refractivity contribution in [2.24, 2.45) is 0 Å². The summed E-state index contributed by atoms with van der Waals surface area (Å²) >= 11 is 10.2. The summed E-state index contributed by atoms with van der Waals surface area (Å²) < 4.78 is 23.2. The maximum atomic E-state index is 7.72. The molecule has 0 amide bonds. The zero-order valence-electron chi connectivity index (χ0n) is 3.74. The molecule has 0 aliphatic heterocycles. The van der Waals surface area contributed by atoms with Crippen molar-refractivity contribution in [1.29, 1.82) is 0 Å².